The number of likely N-dealkylation sites (tertiary alicyclic amines) is 1. The Kier molecular flexibility index (Phi) is 3.60. The first-order valence-corrected chi connectivity index (χ1v) is 6.92. The predicted molar refractivity (Wildman–Crippen MR) is 74.7 cm³/mol. The Morgan fingerprint density at radius 3 is 2.84 bits per heavy atom. The lowest BCUT2D eigenvalue weighted by atomic mass is 9.94. The van der Waals surface area contributed by atoms with Crippen molar-refractivity contribution in [3.63, 3.8) is 0 Å². The van der Waals surface area contributed by atoms with Crippen LogP contribution >= 0.6 is 0 Å². The number of rotatable bonds is 3. The van der Waals surface area contributed by atoms with E-state index in [4.69, 9.17) is 0 Å². The number of hydrogen-bond donors (Lipinski definition) is 0. The second-order valence-electron chi connectivity index (χ2n) is 5.34. The molecule has 0 aromatic carbocycles. The van der Waals surface area contributed by atoms with Gasteiger partial charge < -0.3 is 0 Å². The summed E-state index contributed by atoms with van der Waals surface area (Å²) in [7, 11) is 1.99. The van der Waals surface area contributed by atoms with Crippen LogP contribution in [0.5, 0.6) is 0 Å². The number of aryl methyl sites for hydroxylation is 1. The van der Waals surface area contributed by atoms with E-state index in [0.717, 1.165) is 13.1 Å². The van der Waals surface area contributed by atoms with E-state index in [2.05, 4.69) is 33.2 Å². The van der Waals surface area contributed by atoms with Crippen molar-refractivity contribution in [3.8, 4) is 0 Å². The lowest BCUT2D eigenvalue weighted by molar-refractivity contribution is 0.198. The molecule has 2 aromatic rings. The zero-order valence-electron chi connectivity index (χ0n) is 11.4. The van der Waals surface area contributed by atoms with Gasteiger partial charge in [-0.3, -0.25) is 14.6 Å². The summed E-state index contributed by atoms with van der Waals surface area (Å²) in [4.78, 5) is 6.60. The molecule has 0 radical (unpaired) electrons. The predicted octanol–water partition coefficient (Wildman–Crippen LogP) is 2.19. The van der Waals surface area contributed by atoms with E-state index in [-0.39, 0.29) is 0 Å². The fraction of sp³-hybridized carbons (Fsp3) is 0.467. The summed E-state index contributed by atoms with van der Waals surface area (Å²) in [5.41, 5.74) is 2.58. The second kappa shape index (κ2) is 5.53. The normalized spacial score (nSPS) is 20.6. The Labute approximate surface area is 114 Å². The van der Waals surface area contributed by atoms with Gasteiger partial charge in [0.1, 0.15) is 0 Å². The van der Waals surface area contributed by atoms with Gasteiger partial charge in [-0.25, -0.2) is 0 Å². The second-order valence-corrected chi connectivity index (χ2v) is 5.34. The number of piperidine rings is 1. The molecule has 2 aromatic heterocycles. The van der Waals surface area contributed by atoms with Crippen molar-refractivity contribution in [2.45, 2.75) is 25.3 Å². The molecule has 0 spiro atoms. The maximum absolute atomic E-state index is 4.56. The SMILES string of the molecule is Cn1ccc([C@@H]2CCCN(Cc3ccncc3)C2)n1. The van der Waals surface area contributed by atoms with Gasteiger partial charge in [0.15, 0.2) is 0 Å². The van der Waals surface area contributed by atoms with E-state index in [9.17, 15) is 0 Å². The third-order valence-corrected chi connectivity index (χ3v) is 3.81. The van der Waals surface area contributed by atoms with E-state index in [1.807, 2.05) is 30.3 Å². The Morgan fingerprint density at radius 2 is 2.11 bits per heavy atom. The van der Waals surface area contributed by atoms with Crippen LogP contribution in [-0.4, -0.2) is 32.8 Å². The van der Waals surface area contributed by atoms with Crippen molar-refractivity contribution in [2.24, 2.45) is 7.05 Å². The molecule has 3 heterocycles. The molecule has 1 atom stereocenters. The molecule has 0 aliphatic carbocycles. The summed E-state index contributed by atoms with van der Waals surface area (Å²) in [6.45, 7) is 3.32. The maximum atomic E-state index is 4.56. The highest BCUT2D eigenvalue weighted by atomic mass is 15.3. The summed E-state index contributed by atoms with van der Waals surface area (Å²) in [6, 6.07) is 6.36. The Bertz CT molecular complexity index is 520. The van der Waals surface area contributed by atoms with Crippen molar-refractivity contribution in [1.29, 1.82) is 0 Å². The van der Waals surface area contributed by atoms with Crippen LogP contribution in [-0.2, 0) is 13.6 Å². The van der Waals surface area contributed by atoms with Gasteiger partial charge in [0.2, 0.25) is 0 Å². The number of pyridine rings is 1. The van der Waals surface area contributed by atoms with Crippen molar-refractivity contribution in [3.05, 3.63) is 48.0 Å². The van der Waals surface area contributed by atoms with Crippen molar-refractivity contribution in [2.75, 3.05) is 13.1 Å². The molecule has 0 unspecified atom stereocenters. The van der Waals surface area contributed by atoms with E-state index >= 15 is 0 Å². The monoisotopic (exact) mass is 256 g/mol. The summed E-state index contributed by atoms with van der Waals surface area (Å²) >= 11 is 0. The summed E-state index contributed by atoms with van der Waals surface area (Å²) < 4.78 is 1.90. The smallest absolute Gasteiger partial charge is 0.0668 e. The molecule has 1 fully saturated rings. The Morgan fingerprint density at radius 1 is 1.26 bits per heavy atom. The molecule has 3 rings (SSSR count). The number of nitrogens with zero attached hydrogens (tertiary/aromatic N) is 4. The number of aromatic nitrogens is 3. The molecule has 1 aliphatic heterocycles. The maximum Gasteiger partial charge on any atom is 0.0668 e. The van der Waals surface area contributed by atoms with Gasteiger partial charge in [0.25, 0.3) is 0 Å². The molecule has 0 bridgehead atoms. The first kappa shape index (κ1) is 12.4. The lowest BCUT2D eigenvalue weighted by Crippen LogP contribution is -2.34. The van der Waals surface area contributed by atoms with Crippen LogP contribution in [0.4, 0.5) is 0 Å². The molecule has 1 saturated heterocycles. The van der Waals surface area contributed by atoms with E-state index in [0.29, 0.717) is 5.92 Å². The zero-order valence-corrected chi connectivity index (χ0v) is 11.4. The number of hydrogen-bond acceptors (Lipinski definition) is 3. The average Bonchev–Trinajstić information content (AvgIpc) is 2.87. The minimum Gasteiger partial charge on any atom is -0.298 e. The molecule has 19 heavy (non-hydrogen) atoms. The standard InChI is InChI=1S/C15H20N4/c1-18-10-6-15(17-18)14-3-2-9-19(12-14)11-13-4-7-16-8-5-13/h4-8,10,14H,2-3,9,11-12H2,1H3/t14-/m1/s1. The van der Waals surface area contributed by atoms with Crippen LogP contribution in [0.15, 0.2) is 36.8 Å². The fourth-order valence-corrected chi connectivity index (χ4v) is 2.84. The van der Waals surface area contributed by atoms with Crippen molar-refractivity contribution < 1.29 is 0 Å². The Hall–Kier alpha value is -1.68. The third-order valence-electron chi connectivity index (χ3n) is 3.81. The first-order valence-electron chi connectivity index (χ1n) is 6.92. The molecule has 0 amide bonds. The van der Waals surface area contributed by atoms with Crippen LogP contribution in [0.3, 0.4) is 0 Å². The van der Waals surface area contributed by atoms with E-state index in [1.165, 1.54) is 30.6 Å². The first-order chi connectivity index (χ1) is 9.31. The fourth-order valence-electron chi connectivity index (χ4n) is 2.84. The molecule has 0 saturated carbocycles. The molecular formula is C15H20N4. The molecule has 0 N–H and O–H groups in total. The van der Waals surface area contributed by atoms with Gasteiger partial charge >= 0.3 is 0 Å². The Balaban J connectivity index is 1.65. The topological polar surface area (TPSA) is 34.0 Å². The highest BCUT2D eigenvalue weighted by Crippen LogP contribution is 2.26. The van der Waals surface area contributed by atoms with E-state index in [1.54, 1.807) is 0 Å². The minimum absolute atomic E-state index is 0.580. The van der Waals surface area contributed by atoms with Gasteiger partial charge in [0, 0.05) is 44.6 Å². The van der Waals surface area contributed by atoms with Gasteiger partial charge in [-0.1, -0.05) is 0 Å². The van der Waals surface area contributed by atoms with Gasteiger partial charge in [-0.15, -0.1) is 0 Å². The van der Waals surface area contributed by atoms with E-state index < -0.39 is 0 Å². The summed E-state index contributed by atoms with van der Waals surface area (Å²) in [5.74, 6) is 0.580. The molecule has 4 nitrogen and oxygen atoms in total. The molecular weight excluding hydrogens is 236 g/mol. The highest BCUT2D eigenvalue weighted by molar-refractivity contribution is 5.11. The summed E-state index contributed by atoms with van der Waals surface area (Å²) in [5, 5.41) is 4.56. The van der Waals surface area contributed by atoms with Crippen LogP contribution in [0.25, 0.3) is 0 Å². The zero-order chi connectivity index (χ0) is 13.1. The lowest BCUT2D eigenvalue weighted by Gasteiger charge is -2.31. The van der Waals surface area contributed by atoms with Crippen LogP contribution in [0.1, 0.15) is 30.0 Å². The van der Waals surface area contributed by atoms with Gasteiger partial charge in [-0.05, 0) is 43.1 Å². The quantitative estimate of drug-likeness (QED) is 0.844. The minimum atomic E-state index is 0.580. The van der Waals surface area contributed by atoms with Crippen LogP contribution in [0.2, 0.25) is 0 Å². The molecule has 100 valence electrons. The van der Waals surface area contributed by atoms with Gasteiger partial charge in [-0.2, -0.15) is 5.10 Å². The average molecular weight is 256 g/mol. The van der Waals surface area contributed by atoms with Gasteiger partial charge in [0.05, 0.1) is 5.69 Å². The van der Waals surface area contributed by atoms with Crippen LogP contribution in [0, 0.1) is 0 Å². The summed E-state index contributed by atoms with van der Waals surface area (Å²) in [6.07, 6.45) is 8.29. The molecule has 4 heteroatoms. The van der Waals surface area contributed by atoms with Crippen molar-refractivity contribution in [1.82, 2.24) is 19.7 Å². The highest BCUT2D eigenvalue weighted by Gasteiger charge is 2.22. The largest absolute Gasteiger partial charge is 0.298 e. The molecule has 1 aliphatic rings. The third kappa shape index (κ3) is 3.01. The van der Waals surface area contributed by atoms with Crippen molar-refractivity contribution >= 4 is 0 Å². The van der Waals surface area contributed by atoms with Crippen LogP contribution < -0.4 is 0 Å².